The van der Waals surface area contributed by atoms with Gasteiger partial charge in [-0.25, -0.2) is 0 Å². The number of hydrogen-bond donors (Lipinski definition) is 0. The Morgan fingerprint density at radius 1 is 1.43 bits per heavy atom. The Kier molecular flexibility index (Phi) is 2.63. The van der Waals surface area contributed by atoms with Gasteiger partial charge in [-0.15, -0.1) is 0 Å². The van der Waals surface area contributed by atoms with Crippen molar-refractivity contribution in [3.8, 4) is 11.5 Å². The summed E-state index contributed by atoms with van der Waals surface area (Å²) in [4.78, 5) is 4.37. The maximum atomic E-state index is 5.17. The molecule has 2 aromatic rings. The molecular formula is C10H9BrN2O. The molecule has 1 atom stereocenters. The Balaban J connectivity index is 2.34. The molecule has 0 unspecified atom stereocenters. The fourth-order valence-corrected chi connectivity index (χ4v) is 1.32. The Bertz CT molecular complexity index is 411. The van der Waals surface area contributed by atoms with Crippen LogP contribution < -0.4 is 0 Å². The van der Waals surface area contributed by atoms with Crippen LogP contribution in [0.25, 0.3) is 11.5 Å². The third kappa shape index (κ3) is 1.85. The largest absolute Gasteiger partial charge is 0.354 e. The highest BCUT2D eigenvalue weighted by molar-refractivity contribution is 9.09. The zero-order valence-electron chi connectivity index (χ0n) is 7.64. The number of rotatable bonds is 2. The third-order valence-electron chi connectivity index (χ3n) is 1.85. The average Bonchev–Trinajstić information content (AvgIpc) is 2.68. The normalized spacial score (nSPS) is 12.7. The summed E-state index contributed by atoms with van der Waals surface area (Å²) in [5, 5.41) is 3.93. The van der Waals surface area contributed by atoms with Crippen LogP contribution in [-0.4, -0.2) is 10.1 Å². The first-order valence-electron chi connectivity index (χ1n) is 4.29. The molecule has 0 aliphatic carbocycles. The van der Waals surface area contributed by atoms with Gasteiger partial charge < -0.3 is 4.52 Å². The molecule has 0 saturated carbocycles. The van der Waals surface area contributed by atoms with Gasteiger partial charge in [0, 0.05) is 12.3 Å². The van der Waals surface area contributed by atoms with Crippen molar-refractivity contribution >= 4 is 15.9 Å². The molecule has 0 radical (unpaired) electrons. The van der Waals surface area contributed by atoms with Gasteiger partial charge in [0.25, 0.3) is 0 Å². The molecule has 72 valence electrons. The van der Waals surface area contributed by atoms with Gasteiger partial charge >= 0.3 is 0 Å². The van der Waals surface area contributed by atoms with E-state index in [9.17, 15) is 0 Å². The van der Waals surface area contributed by atoms with Crippen molar-refractivity contribution in [2.45, 2.75) is 11.8 Å². The lowest BCUT2D eigenvalue weighted by atomic mass is 10.2. The Morgan fingerprint density at radius 2 is 2.29 bits per heavy atom. The van der Waals surface area contributed by atoms with E-state index in [0.29, 0.717) is 5.76 Å². The monoisotopic (exact) mass is 252 g/mol. The highest BCUT2D eigenvalue weighted by atomic mass is 79.9. The summed E-state index contributed by atoms with van der Waals surface area (Å²) in [6.07, 6.45) is 1.73. The van der Waals surface area contributed by atoms with Crippen LogP contribution in [0.5, 0.6) is 0 Å². The minimum absolute atomic E-state index is 0.198. The second-order valence-corrected chi connectivity index (χ2v) is 4.32. The third-order valence-corrected chi connectivity index (χ3v) is 2.32. The smallest absolute Gasteiger partial charge is 0.185 e. The molecule has 3 nitrogen and oxygen atoms in total. The maximum Gasteiger partial charge on any atom is 0.185 e. The van der Waals surface area contributed by atoms with E-state index in [0.717, 1.165) is 11.4 Å². The second kappa shape index (κ2) is 3.92. The molecule has 4 heteroatoms. The van der Waals surface area contributed by atoms with Crippen molar-refractivity contribution in [2.75, 3.05) is 0 Å². The molecule has 0 bridgehead atoms. The molecule has 0 aromatic carbocycles. The standard InChI is InChI=1S/C10H9BrN2O/c1-7(11)9-6-10(14-13-9)8-4-2-3-5-12-8/h2-7H,1H3/t7-/m1/s1. The lowest BCUT2D eigenvalue weighted by Gasteiger charge is -1.92. The first kappa shape index (κ1) is 9.40. The topological polar surface area (TPSA) is 38.9 Å². The minimum Gasteiger partial charge on any atom is -0.354 e. The van der Waals surface area contributed by atoms with Crippen molar-refractivity contribution in [1.29, 1.82) is 0 Å². The van der Waals surface area contributed by atoms with E-state index >= 15 is 0 Å². The van der Waals surface area contributed by atoms with Crippen LogP contribution in [-0.2, 0) is 0 Å². The van der Waals surface area contributed by atoms with Crippen molar-refractivity contribution in [3.05, 3.63) is 36.2 Å². The quantitative estimate of drug-likeness (QED) is 0.771. The van der Waals surface area contributed by atoms with Gasteiger partial charge in [-0.2, -0.15) is 0 Å². The predicted octanol–water partition coefficient (Wildman–Crippen LogP) is 3.19. The Morgan fingerprint density at radius 3 is 2.86 bits per heavy atom. The number of pyridine rings is 1. The van der Waals surface area contributed by atoms with Crippen LogP contribution in [0, 0.1) is 0 Å². The van der Waals surface area contributed by atoms with E-state index in [4.69, 9.17) is 4.52 Å². The van der Waals surface area contributed by atoms with Crippen molar-refractivity contribution in [1.82, 2.24) is 10.1 Å². The van der Waals surface area contributed by atoms with Gasteiger partial charge in [0.05, 0.1) is 10.5 Å². The molecule has 0 amide bonds. The zero-order valence-corrected chi connectivity index (χ0v) is 9.23. The summed E-state index contributed by atoms with van der Waals surface area (Å²) >= 11 is 3.43. The predicted molar refractivity (Wildman–Crippen MR) is 57.1 cm³/mol. The molecule has 2 aromatic heterocycles. The number of hydrogen-bond acceptors (Lipinski definition) is 3. The molecule has 0 N–H and O–H groups in total. The first-order valence-corrected chi connectivity index (χ1v) is 5.21. The minimum atomic E-state index is 0.198. The average molecular weight is 253 g/mol. The fourth-order valence-electron chi connectivity index (χ4n) is 1.11. The van der Waals surface area contributed by atoms with Gasteiger partial charge in [0.1, 0.15) is 5.69 Å². The summed E-state index contributed by atoms with van der Waals surface area (Å²) in [6.45, 7) is 2.00. The maximum absolute atomic E-state index is 5.17. The summed E-state index contributed by atoms with van der Waals surface area (Å²) in [5.41, 5.74) is 1.69. The van der Waals surface area contributed by atoms with Gasteiger partial charge in [-0.3, -0.25) is 4.98 Å². The summed E-state index contributed by atoms with van der Waals surface area (Å²) in [5.74, 6) is 0.701. The van der Waals surface area contributed by atoms with Crippen molar-refractivity contribution in [3.63, 3.8) is 0 Å². The lowest BCUT2D eigenvalue weighted by molar-refractivity contribution is 0.423. The molecule has 14 heavy (non-hydrogen) atoms. The number of alkyl halides is 1. The van der Waals surface area contributed by atoms with Crippen LogP contribution >= 0.6 is 15.9 Å². The van der Waals surface area contributed by atoms with Gasteiger partial charge in [0.15, 0.2) is 5.76 Å². The van der Waals surface area contributed by atoms with E-state index in [1.807, 2.05) is 31.2 Å². The Hall–Kier alpha value is -1.16. The second-order valence-electron chi connectivity index (χ2n) is 2.95. The van der Waals surface area contributed by atoms with E-state index in [1.54, 1.807) is 6.20 Å². The molecule has 0 saturated heterocycles. The number of nitrogens with zero attached hydrogens (tertiary/aromatic N) is 2. The highest BCUT2D eigenvalue weighted by Gasteiger charge is 2.10. The summed E-state index contributed by atoms with van der Waals surface area (Å²) in [6, 6.07) is 7.57. The first-order chi connectivity index (χ1) is 6.77. The molecule has 0 fully saturated rings. The molecule has 0 aliphatic rings. The molecule has 2 heterocycles. The van der Waals surface area contributed by atoms with Crippen LogP contribution in [0.1, 0.15) is 17.4 Å². The molecular weight excluding hydrogens is 244 g/mol. The summed E-state index contributed by atoms with van der Waals surface area (Å²) in [7, 11) is 0. The van der Waals surface area contributed by atoms with E-state index in [-0.39, 0.29) is 4.83 Å². The van der Waals surface area contributed by atoms with Crippen LogP contribution in [0.4, 0.5) is 0 Å². The van der Waals surface area contributed by atoms with Gasteiger partial charge in [-0.05, 0) is 19.1 Å². The van der Waals surface area contributed by atoms with Crippen LogP contribution in [0.15, 0.2) is 35.0 Å². The number of aromatic nitrogens is 2. The van der Waals surface area contributed by atoms with E-state index in [2.05, 4.69) is 26.1 Å². The highest BCUT2D eigenvalue weighted by Crippen LogP contribution is 2.25. The summed E-state index contributed by atoms with van der Waals surface area (Å²) < 4.78 is 5.17. The van der Waals surface area contributed by atoms with Crippen molar-refractivity contribution < 1.29 is 4.52 Å². The van der Waals surface area contributed by atoms with Gasteiger partial charge in [-0.1, -0.05) is 27.2 Å². The lowest BCUT2D eigenvalue weighted by Crippen LogP contribution is -1.80. The zero-order chi connectivity index (χ0) is 9.97. The molecule has 0 aliphatic heterocycles. The fraction of sp³-hybridized carbons (Fsp3) is 0.200. The van der Waals surface area contributed by atoms with Gasteiger partial charge in [0.2, 0.25) is 0 Å². The molecule has 2 rings (SSSR count). The van der Waals surface area contributed by atoms with E-state index < -0.39 is 0 Å². The van der Waals surface area contributed by atoms with Crippen LogP contribution in [0.3, 0.4) is 0 Å². The number of halogens is 1. The van der Waals surface area contributed by atoms with Crippen molar-refractivity contribution in [2.24, 2.45) is 0 Å². The molecule has 0 spiro atoms. The Labute approximate surface area is 90.3 Å². The SMILES string of the molecule is C[C@@H](Br)c1cc(-c2ccccn2)on1. The van der Waals surface area contributed by atoms with Crippen LogP contribution in [0.2, 0.25) is 0 Å². The van der Waals surface area contributed by atoms with E-state index in [1.165, 1.54) is 0 Å².